The number of amides is 1. The second-order valence-corrected chi connectivity index (χ2v) is 7.00. The van der Waals surface area contributed by atoms with Crippen molar-refractivity contribution in [3.63, 3.8) is 0 Å². The minimum atomic E-state index is -0.0365. The number of aromatic nitrogens is 2. The Labute approximate surface area is 148 Å². The van der Waals surface area contributed by atoms with E-state index in [0.717, 1.165) is 27.7 Å². The maximum atomic E-state index is 12.0. The number of carbonyl (C=O) groups excluding carboxylic acids is 1. The molecule has 0 spiro atoms. The Morgan fingerprint density at radius 2 is 1.96 bits per heavy atom. The van der Waals surface area contributed by atoms with Crippen molar-refractivity contribution in [3.05, 3.63) is 45.7 Å². The SMILES string of the molecule is COc1ccc(-c2csc(CCC(=O)Nc3nc(C)cs3)n2)cc1. The first kappa shape index (κ1) is 16.6. The van der Waals surface area contributed by atoms with Gasteiger partial charge in [0.1, 0.15) is 5.75 Å². The van der Waals surface area contributed by atoms with Gasteiger partial charge in [0.25, 0.3) is 0 Å². The minimum absolute atomic E-state index is 0.0365. The first-order chi connectivity index (χ1) is 11.6. The Bertz CT molecular complexity index is 824. The normalized spacial score (nSPS) is 10.6. The van der Waals surface area contributed by atoms with Crippen LogP contribution in [0.15, 0.2) is 35.0 Å². The molecule has 0 aliphatic heterocycles. The molecule has 0 radical (unpaired) electrons. The maximum Gasteiger partial charge on any atom is 0.226 e. The highest BCUT2D eigenvalue weighted by Gasteiger charge is 2.09. The molecule has 0 bridgehead atoms. The van der Waals surface area contributed by atoms with Crippen molar-refractivity contribution in [2.45, 2.75) is 19.8 Å². The van der Waals surface area contributed by atoms with Gasteiger partial charge in [0.05, 0.1) is 23.5 Å². The molecule has 0 aliphatic rings. The van der Waals surface area contributed by atoms with Gasteiger partial charge >= 0.3 is 0 Å². The van der Waals surface area contributed by atoms with Crippen LogP contribution in [0.25, 0.3) is 11.3 Å². The Kier molecular flexibility index (Phi) is 5.22. The van der Waals surface area contributed by atoms with Crippen LogP contribution in [0.5, 0.6) is 5.75 Å². The van der Waals surface area contributed by atoms with E-state index in [1.54, 1.807) is 18.4 Å². The lowest BCUT2D eigenvalue weighted by Crippen LogP contribution is -2.12. The number of nitrogens with zero attached hydrogens (tertiary/aromatic N) is 2. The van der Waals surface area contributed by atoms with E-state index < -0.39 is 0 Å². The van der Waals surface area contributed by atoms with Crippen molar-refractivity contribution >= 4 is 33.7 Å². The molecule has 0 unspecified atom stereocenters. The molecule has 1 amide bonds. The van der Waals surface area contributed by atoms with Crippen molar-refractivity contribution < 1.29 is 9.53 Å². The van der Waals surface area contributed by atoms with Crippen LogP contribution in [0.2, 0.25) is 0 Å². The van der Waals surface area contributed by atoms with Crippen LogP contribution in [0.1, 0.15) is 17.1 Å². The maximum absolute atomic E-state index is 12.0. The van der Waals surface area contributed by atoms with Crippen molar-refractivity contribution in [1.29, 1.82) is 0 Å². The summed E-state index contributed by atoms with van der Waals surface area (Å²) in [4.78, 5) is 20.8. The predicted octanol–water partition coefficient (Wildman–Crippen LogP) is 4.15. The first-order valence-corrected chi connectivity index (χ1v) is 9.21. The number of hydrogen-bond acceptors (Lipinski definition) is 6. The average molecular weight is 359 g/mol. The molecule has 0 saturated carbocycles. The molecule has 1 N–H and O–H groups in total. The molecule has 3 rings (SSSR count). The van der Waals surface area contributed by atoms with E-state index in [1.807, 2.05) is 41.9 Å². The van der Waals surface area contributed by atoms with Gasteiger partial charge in [0.15, 0.2) is 5.13 Å². The van der Waals surface area contributed by atoms with Gasteiger partial charge in [0.2, 0.25) is 5.91 Å². The molecule has 2 heterocycles. The fourth-order valence-electron chi connectivity index (χ4n) is 2.13. The summed E-state index contributed by atoms with van der Waals surface area (Å²) >= 11 is 3.01. The summed E-state index contributed by atoms with van der Waals surface area (Å²) in [7, 11) is 1.65. The van der Waals surface area contributed by atoms with Gasteiger partial charge in [-0.3, -0.25) is 4.79 Å². The smallest absolute Gasteiger partial charge is 0.226 e. The highest BCUT2D eigenvalue weighted by Crippen LogP contribution is 2.24. The zero-order valence-corrected chi connectivity index (χ0v) is 15.0. The molecule has 7 heteroatoms. The molecule has 0 aliphatic carbocycles. The third-order valence-electron chi connectivity index (χ3n) is 3.37. The number of hydrogen-bond donors (Lipinski definition) is 1. The molecule has 0 saturated heterocycles. The van der Waals surface area contributed by atoms with E-state index in [-0.39, 0.29) is 5.91 Å². The van der Waals surface area contributed by atoms with Crippen molar-refractivity contribution in [2.75, 3.05) is 12.4 Å². The fraction of sp³-hybridized carbons (Fsp3) is 0.235. The summed E-state index contributed by atoms with van der Waals surface area (Å²) in [6.45, 7) is 1.91. The van der Waals surface area contributed by atoms with Gasteiger partial charge in [0, 0.05) is 29.2 Å². The van der Waals surface area contributed by atoms with Gasteiger partial charge in [-0.15, -0.1) is 22.7 Å². The largest absolute Gasteiger partial charge is 0.497 e. The summed E-state index contributed by atoms with van der Waals surface area (Å²) in [6.07, 6.45) is 1.02. The van der Waals surface area contributed by atoms with Crippen molar-refractivity contribution in [2.24, 2.45) is 0 Å². The minimum Gasteiger partial charge on any atom is -0.497 e. The summed E-state index contributed by atoms with van der Waals surface area (Å²) in [6, 6.07) is 7.79. The zero-order chi connectivity index (χ0) is 16.9. The first-order valence-electron chi connectivity index (χ1n) is 7.45. The quantitative estimate of drug-likeness (QED) is 0.718. The lowest BCUT2D eigenvalue weighted by Gasteiger charge is -2.01. The van der Waals surface area contributed by atoms with Gasteiger partial charge < -0.3 is 10.1 Å². The molecule has 124 valence electrons. The number of carbonyl (C=O) groups is 1. The Hall–Kier alpha value is -2.25. The lowest BCUT2D eigenvalue weighted by molar-refractivity contribution is -0.116. The molecule has 5 nitrogen and oxygen atoms in total. The number of anilines is 1. The predicted molar refractivity (Wildman–Crippen MR) is 97.9 cm³/mol. The van der Waals surface area contributed by atoms with Crippen LogP contribution in [0, 0.1) is 6.92 Å². The highest BCUT2D eigenvalue weighted by atomic mass is 32.1. The molecule has 1 aromatic carbocycles. The van der Waals surface area contributed by atoms with E-state index in [1.165, 1.54) is 11.3 Å². The molecular formula is C17H17N3O2S2. The summed E-state index contributed by atoms with van der Waals surface area (Å²) in [5, 5.41) is 8.34. The standard InChI is InChI=1S/C17H17N3O2S2/c1-11-9-24-17(18-11)20-15(21)7-8-16-19-14(10-23-16)12-3-5-13(22-2)6-4-12/h3-6,9-10H,7-8H2,1-2H3,(H,18,20,21). The lowest BCUT2D eigenvalue weighted by atomic mass is 10.2. The van der Waals surface area contributed by atoms with E-state index >= 15 is 0 Å². The molecule has 0 fully saturated rings. The highest BCUT2D eigenvalue weighted by molar-refractivity contribution is 7.13. The van der Waals surface area contributed by atoms with E-state index in [0.29, 0.717) is 18.0 Å². The van der Waals surface area contributed by atoms with E-state index in [9.17, 15) is 4.79 Å². The Morgan fingerprint density at radius 1 is 1.17 bits per heavy atom. The summed E-state index contributed by atoms with van der Waals surface area (Å²) < 4.78 is 5.16. The van der Waals surface area contributed by atoms with Gasteiger partial charge in [-0.25, -0.2) is 9.97 Å². The number of nitrogens with one attached hydrogen (secondary N) is 1. The van der Waals surface area contributed by atoms with E-state index in [4.69, 9.17) is 4.74 Å². The number of ether oxygens (including phenoxy) is 1. The van der Waals surface area contributed by atoms with Crippen LogP contribution in [-0.2, 0) is 11.2 Å². The zero-order valence-electron chi connectivity index (χ0n) is 13.4. The van der Waals surface area contributed by atoms with Crippen LogP contribution >= 0.6 is 22.7 Å². The number of aryl methyl sites for hydroxylation is 2. The van der Waals surface area contributed by atoms with Gasteiger partial charge in [-0.2, -0.15) is 0 Å². The topological polar surface area (TPSA) is 64.1 Å². The monoisotopic (exact) mass is 359 g/mol. The van der Waals surface area contributed by atoms with Crippen LogP contribution in [-0.4, -0.2) is 23.0 Å². The van der Waals surface area contributed by atoms with Crippen molar-refractivity contribution in [1.82, 2.24) is 9.97 Å². The second kappa shape index (κ2) is 7.55. The number of benzene rings is 1. The third kappa shape index (κ3) is 4.18. The van der Waals surface area contributed by atoms with Crippen LogP contribution < -0.4 is 10.1 Å². The second-order valence-electron chi connectivity index (χ2n) is 5.20. The molecule has 24 heavy (non-hydrogen) atoms. The van der Waals surface area contributed by atoms with Crippen molar-refractivity contribution in [3.8, 4) is 17.0 Å². The van der Waals surface area contributed by atoms with Gasteiger partial charge in [-0.1, -0.05) is 0 Å². The van der Waals surface area contributed by atoms with E-state index in [2.05, 4.69) is 15.3 Å². The van der Waals surface area contributed by atoms with Crippen LogP contribution in [0.4, 0.5) is 5.13 Å². The third-order valence-corrected chi connectivity index (χ3v) is 5.15. The van der Waals surface area contributed by atoms with Crippen LogP contribution in [0.3, 0.4) is 0 Å². The number of thiazole rings is 2. The molecule has 0 atom stereocenters. The molecular weight excluding hydrogens is 342 g/mol. The van der Waals surface area contributed by atoms with Gasteiger partial charge in [-0.05, 0) is 31.2 Å². The number of rotatable bonds is 6. The fourth-order valence-corrected chi connectivity index (χ4v) is 3.65. The molecule has 2 aromatic heterocycles. The average Bonchev–Trinajstić information content (AvgIpc) is 3.22. The summed E-state index contributed by atoms with van der Waals surface area (Å²) in [5.41, 5.74) is 2.88. The number of methoxy groups -OCH3 is 1. The molecule has 3 aromatic rings. The Morgan fingerprint density at radius 3 is 2.62 bits per heavy atom. The Balaban J connectivity index is 1.56. The summed E-state index contributed by atoms with van der Waals surface area (Å²) in [5.74, 6) is 0.786.